The van der Waals surface area contributed by atoms with E-state index in [4.69, 9.17) is 23.2 Å². The number of hydrogen-bond donors (Lipinski definition) is 1. The van der Waals surface area contributed by atoms with Crippen molar-refractivity contribution >= 4 is 34.5 Å². The standard InChI is InChI=1S/C15H17Cl2NS/c1-3-10-8-9-13(19-10)15(18-4-2)11-6-5-7-12(16)14(11)17/h5-9,15,18H,3-4H2,1-2H3. The van der Waals surface area contributed by atoms with Crippen molar-refractivity contribution in [1.82, 2.24) is 5.32 Å². The number of nitrogens with one attached hydrogen (secondary N) is 1. The van der Waals surface area contributed by atoms with Gasteiger partial charge in [-0.05, 0) is 36.7 Å². The molecule has 0 amide bonds. The van der Waals surface area contributed by atoms with Gasteiger partial charge in [0.05, 0.1) is 16.1 Å². The Hall–Kier alpha value is -0.540. The van der Waals surface area contributed by atoms with Gasteiger partial charge in [-0.1, -0.05) is 49.2 Å². The quantitative estimate of drug-likeness (QED) is 0.788. The van der Waals surface area contributed by atoms with Crippen LogP contribution in [0, 0.1) is 0 Å². The Bertz CT molecular complexity index is 551. The summed E-state index contributed by atoms with van der Waals surface area (Å²) in [5, 5.41) is 4.73. The van der Waals surface area contributed by atoms with Crippen LogP contribution in [0.2, 0.25) is 10.0 Å². The maximum absolute atomic E-state index is 6.35. The van der Waals surface area contributed by atoms with Crippen LogP contribution >= 0.6 is 34.5 Å². The molecule has 1 aromatic heterocycles. The fourth-order valence-corrected chi connectivity index (χ4v) is 3.52. The highest BCUT2D eigenvalue weighted by molar-refractivity contribution is 7.12. The highest BCUT2D eigenvalue weighted by Crippen LogP contribution is 2.35. The van der Waals surface area contributed by atoms with Gasteiger partial charge in [-0.2, -0.15) is 0 Å². The summed E-state index contributed by atoms with van der Waals surface area (Å²) in [5.41, 5.74) is 1.04. The monoisotopic (exact) mass is 313 g/mol. The molecular weight excluding hydrogens is 297 g/mol. The van der Waals surface area contributed by atoms with Gasteiger partial charge in [-0.3, -0.25) is 0 Å². The van der Waals surface area contributed by atoms with Gasteiger partial charge in [0.1, 0.15) is 0 Å². The average Bonchev–Trinajstić information content (AvgIpc) is 2.88. The zero-order valence-corrected chi connectivity index (χ0v) is 13.4. The van der Waals surface area contributed by atoms with Crippen LogP contribution in [0.3, 0.4) is 0 Å². The molecule has 0 aliphatic carbocycles. The van der Waals surface area contributed by atoms with Crippen LogP contribution in [0.4, 0.5) is 0 Å². The van der Waals surface area contributed by atoms with E-state index in [1.54, 1.807) is 0 Å². The molecule has 1 nitrogen and oxygen atoms in total. The highest BCUT2D eigenvalue weighted by Gasteiger charge is 2.19. The van der Waals surface area contributed by atoms with Crippen LogP contribution in [0.5, 0.6) is 0 Å². The molecule has 1 N–H and O–H groups in total. The van der Waals surface area contributed by atoms with Crippen LogP contribution in [0.1, 0.15) is 35.2 Å². The lowest BCUT2D eigenvalue weighted by atomic mass is 10.1. The first-order chi connectivity index (χ1) is 9.17. The van der Waals surface area contributed by atoms with Crippen molar-refractivity contribution < 1.29 is 0 Å². The van der Waals surface area contributed by atoms with E-state index in [-0.39, 0.29) is 6.04 Å². The van der Waals surface area contributed by atoms with Gasteiger partial charge in [0.2, 0.25) is 0 Å². The summed E-state index contributed by atoms with van der Waals surface area (Å²) < 4.78 is 0. The maximum Gasteiger partial charge on any atom is 0.0686 e. The van der Waals surface area contributed by atoms with Gasteiger partial charge in [0.15, 0.2) is 0 Å². The van der Waals surface area contributed by atoms with E-state index < -0.39 is 0 Å². The SMILES string of the molecule is CCNC(c1ccc(CC)s1)c1cccc(Cl)c1Cl. The Balaban J connectivity index is 2.42. The van der Waals surface area contributed by atoms with E-state index >= 15 is 0 Å². The normalized spacial score (nSPS) is 12.6. The topological polar surface area (TPSA) is 12.0 Å². The molecule has 2 rings (SSSR count). The van der Waals surface area contributed by atoms with Crippen LogP contribution in [0.25, 0.3) is 0 Å². The number of benzene rings is 1. The second kappa shape index (κ2) is 6.76. The molecule has 0 saturated heterocycles. The first kappa shape index (κ1) is 14.9. The predicted octanol–water partition coefficient (Wildman–Crippen LogP) is 5.32. The summed E-state index contributed by atoms with van der Waals surface area (Å²) in [6.07, 6.45) is 1.06. The van der Waals surface area contributed by atoms with E-state index in [0.717, 1.165) is 18.5 Å². The minimum Gasteiger partial charge on any atom is -0.306 e. The van der Waals surface area contributed by atoms with E-state index in [9.17, 15) is 0 Å². The Morgan fingerprint density at radius 2 is 1.95 bits per heavy atom. The molecule has 1 heterocycles. The largest absolute Gasteiger partial charge is 0.306 e. The molecule has 102 valence electrons. The maximum atomic E-state index is 6.35. The molecule has 0 radical (unpaired) electrons. The number of halogens is 2. The zero-order chi connectivity index (χ0) is 13.8. The zero-order valence-electron chi connectivity index (χ0n) is 11.0. The summed E-state index contributed by atoms with van der Waals surface area (Å²) in [5.74, 6) is 0. The first-order valence-corrected chi connectivity index (χ1v) is 8.00. The molecule has 0 fully saturated rings. The second-order valence-electron chi connectivity index (χ2n) is 4.29. The summed E-state index contributed by atoms with van der Waals surface area (Å²) in [6.45, 7) is 5.15. The summed E-state index contributed by atoms with van der Waals surface area (Å²) in [7, 11) is 0. The summed E-state index contributed by atoms with van der Waals surface area (Å²) in [4.78, 5) is 2.67. The molecule has 1 atom stereocenters. The van der Waals surface area contributed by atoms with Crippen molar-refractivity contribution in [3.8, 4) is 0 Å². The van der Waals surface area contributed by atoms with Crippen LogP contribution < -0.4 is 5.32 Å². The fourth-order valence-electron chi connectivity index (χ4n) is 2.05. The molecule has 4 heteroatoms. The predicted molar refractivity (Wildman–Crippen MR) is 85.7 cm³/mol. The third-order valence-electron chi connectivity index (χ3n) is 3.02. The summed E-state index contributed by atoms with van der Waals surface area (Å²) in [6, 6.07) is 10.3. The third-order valence-corrected chi connectivity index (χ3v) is 5.14. The van der Waals surface area contributed by atoms with E-state index in [2.05, 4.69) is 31.3 Å². The molecule has 0 spiro atoms. The van der Waals surface area contributed by atoms with Gasteiger partial charge in [0, 0.05) is 9.75 Å². The van der Waals surface area contributed by atoms with Crippen LogP contribution in [-0.2, 0) is 6.42 Å². The van der Waals surface area contributed by atoms with Crippen LogP contribution in [0.15, 0.2) is 30.3 Å². The lowest BCUT2D eigenvalue weighted by molar-refractivity contribution is 0.640. The number of aryl methyl sites for hydroxylation is 1. The molecule has 0 saturated carbocycles. The molecule has 0 aliphatic heterocycles. The lowest BCUT2D eigenvalue weighted by Gasteiger charge is -2.18. The smallest absolute Gasteiger partial charge is 0.0686 e. The van der Waals surface area contributed by atoms with Crippen molar-refractivity contribution in [2.24, 2.45) is 0 Å². The van der Waals surface area contributed by atoms with Gasteiger partial charge in [-0.15, -0.1) is 11.3 Å². The van der Waals surface area contributed by atoms with Crippen molar-refractivity contribution in [1.29, 1.82) is 0 Å². The van der Waals surface area contributed by atoms with E-state index in [1.807, 2.05) is 29.5 Å². The Kier molecular flexibility index (Phi) is 5.28. The lowest BCUT2D eigenvalue weighted by Crippen LogP contribution is -2.21. The molecule has 19 heavy (non-hydrogen) atoms. The van der Waals surface area contributed by atoms with E-state index in [1.165, 1.54) is 9.75 Å². The molecule has 1 unspecified atom stereocenters. The Morgan fingerprint density at radius 3 is 2.58 bits per heavy atom. The van der Waals surface area contributed by atoms with E-state index in [0.29, 0.717) is 10.0 Å². The van der Waals surface area contributed by atoms with Crippen LogP contribution in [-0.4, -0.2) is 6.54 Å². The van der Waals surface area contributed by atoms with Gasteiger partial charge >= 0.3 is 0 Å². The molecule has 0 bridgehead atoms. The van der Waals surface area contributed by atoms with Gasteiger partial charge in [-0.25, -0.2) is 0 Å². The third kappa shape index (κ3) is 3.32. The molecule has 1 aromatic carbocycles. The number of rotatable bonds is 5. The second-order valence-corrected chi connectivity index (χ2v) is 6.28. The highest BCUT2D eigenvalue weighted by atomic mass is 35.5. The van der Waals surface area contributed by atoms with Gasteiger partial charge < -0.3 is 5.32 Å². The fraction of sp³-hybridized carbons (Fsp3) is 0.333. The minimum absolute atomic E-state index is 0.112. The number of hydrogen-bond acceptors (Lipinski definition) is 2. The molecule has 2 aromatic rings. The Morgan fingerprint density at radius 1 is 1.16 bits per heavy atom. The van der Waals surface area contributed by atoms with Crippen molar-refractivity contribution in [2.75, 3.05) is 6.54 Å². The first-order valence-electron chi connectivity index (χ1n) is 6.43. The van der Waals surface area contributed by atoms with Crippen molar-refractivity contribution in [3.63, 3.8) is 0 Å². The number of thiophene rings is 1. The molecular formula is C15H17Cl2NS. The van der Waals surface area contributed by atoms with Gasteiger partial charge in [0.25, 0.3) is 0 Å². The van der Waals surface area contributed by atoms with Crippen molar-refractivity contribution in [2.45, 2.75) is 26.3 Å². The minimum atomic E-state index is 0.112. The molecule has 0 aliphatic rings. The average molecular weight is 314 g/mol. The van der Waals surface area contributed by atoms with Crippen molar-refractivity contribution in [3.05, 3.63) is 55.7 Å². The summed E-state index contributed by atoms with van der Waals surface area (Å²) >= 11 is 14.3. The Labute approximate surface area is 128 Å².